The molecule has 8 heteroatoms. The molecule has 1 atom stereocenters. The zero-order valence-electron chi connectivity index (χ0n) is 18.5. The van der Waals surface area contributed by atoms with Gasteiger partial charge in [0.15, 0.2) is 0 Å². The Hall–Kier alpha value is -3.55. The van der Waals surface area contributed by atoms with Gasteiger partial charge in [-0.05, 0) is 50.5 Å². The number of aliphatic imine (C=N–C) groups is 1. The molecular formula is C25H24ClN3O4. The van der Waals surface area contributed by atoms with Gasteiger partial charge in [-0.15, -0.1) is 0 Å². The van der Waals surface area contributed by atoms with Crippen LogP contribution in [0, 0.1) is 0 Å². The molecule has 2 aromatic heterocycles. The van der Waals surface area contributed by atoms with Crippen molar-refractivity contribution in [1.29, 1.82) is 0 Å². The van der Waals surface area contributed by atoms with Crippen LogP contribution < -0.4 is 10.3 Å². The quantitative estimate of drug-likeness (QED) is 0.401. The fourth-order valence-electron chi connectivity index (χ4n) is 3.78. The van der Waals surface area contributed by atoms with Crippen LogP contribution in [-0.2, 0) is 0 Å². The van der Waals surface area contributed by atoms with E-state index in [2.05, 4.69) is 4.99 Å². The molecule has 0 amide bonds. The van der Waals surface area contributed by atoms with Gasteiger partial charge >= 0.3 is 0 Å². The van der Waals surface area contributed by atoms with Gasteiger partial charge in [0.05, 0.1) is 37.2 Å². The van der Waals surface area contributed by atoms with Gasteiger partial charge in [-0.2, -0.15) is 0 Å². The highest BCUT2D eigenvalue weighted by Crippen LogP contribution is 2.32. The summed E-state index contributed by atoms with van der Waals surface area (Å²) in [6.45, 7) is 0.397. The van der Waals surface area contributed by atoms with Crippen molar-refractivity contribution in [2.75, 3.05) is 27.7 Å². The third-order valence-electron chi connectivity index (χ3n) is 5.48. The van der Waals surface area contributed by atoms with E-state index in [0.29, 0.717) is 39.3 Å². The summed E-state index contributed by atoms with van der Waals surface area (Å²) in [7, 11) is 5.39. The van der Waals surface area contributed by atoms with Crippen LogP contribution in [0.5, 0.6) is 11.6 Å². The lowest BCUT2D eigenvalue weighted by Gasteiger charge is -2.20. The normalized spacial score (nSPS) is 12.6. The minimum absolute atomic E-state index is 0.0800. The number of methoxy groups -OCH3 is 1. The van der Waals surface area contributed by atoms with Crippen LogP contribution in [0.25, 0.3) is 16.5 Å². The Labute approximate surface area is 196 Å². The number of benzene rings is 2. The van der Waals surface area contributed by atoms with Crippen LogP contribution in [-0.4, -0.2) is 48.5 Å². The van der Waals surface area contributed by atoms with Crippen molar-refractivity contribution in [2.45, 2.75) is 6.04 Å². The predicted molar refractivity (Wildman–Crippen MR) is 130 cm³/mol. The number of hydrogen-bond acceptors (Lipinski definition) is 6. The molecule has 0 saturated carbocycles. The largest absolute Gasteiger partial charge is 0.495 e. The third kappa shape index (κ3) is 4.37. The van der Waals surface area contributed by atoms with Crippen molar-refractivity contribution in [2.24, 2.45) is 4.99 Å². The van der Waals surface area contributed by atoms with Crippen molar-refractivity contribution in [3.05, 3.63) is 87.6 Å². The van der Waals surface area contributed by atoms with E-state index in [-0.39, 0.29) is 17.5 Å². The molecule has 33 heavy (non-hydrogen) atoms. The molecule has 0 radical (unpaired) electrons. The number of hydrogen-bond donors (Lipinski definition) is 1. The predicted octanol–water partition coefficient (Wildman–Crippen LogP) is 4.67. The van der Waals surface area contributed by atoms with Crippen molar-refractivity contribution in [1.82, 2.24) is 9.47 Å². The van der Waals surface area contributed by atoms with Gasteiger partial charge < -0.3 is 14.3 Å². The number of pyridine rings is 1. The number of aromatic nitrogens is 1. The standard InChI is InChI=1S/C25H24ClN3O4/c1-28(2)21(23-9-6-12-33-23)15-27-14-19-17-7-4-5-8-18(17)24(30)29(25(19)31)20-13-16(26)10-11-22(20)32-3/h4-14,21,31H,15H2,1-3H3/t21-/m0/s1. The Bertz CT molecular complexity index is 1360. The molecule has 0 aliphatic heterocycles. The van der Waals surface area contributed by atoms with Crippen LogP contribution in [0.3, 0.4) is 0 Å². The number of rotatable bonds is 7. The third-order valence-corrected chi connectivity index (χ3v) is 5.71. The highest BCUT2D eigenvalue weighted by Gasteiger charge is 2.20. The van der Waals surface area contributed by atoms with E-state index in [1.54, 1.807) is 48.9 Å². The maximum absolute atomic E-state index is 13.3. The molecule has 4 rings (SSSR count). The van der Waals surface area contributed by atoms with Gasteiger partial charge in [0.25, 0.3) is 5.56 Å². The first kappa shape index (κ1) is 22.6. The topological polar surface area (TPSA) is 80.2 Å². The first-order valence-electron chi connectivity index (χ1n) is 10.3. The minimum Gasteiger partial charge on any atom is -0.495 e. The van der Waals surface area contributed by atoms with E-state index < -0.39 is 0 Å². The molecule has 0 bridgehead atoms. The molecule has 7 nitrogen and oxygen atoms in total. The minimum atomic E-state index is -0.387. The summed E-state index contributed by atoms with van der Waals surface area (Å²) in [4.78, 5) is 20.0. The molecule has 0 aliphatic carbocycles. The second-order valence-electron chi connectivity index (χ2n) is 7.73. The zero-order valence-corrected chi connectivity index (χ0v) is 19.3. The molecule has 0 fully saturated rings. The summed E-state index contributed by atoms with van der Waals surface area (Å²) in [6.07, 6.45) is 3.22. The molecule has 0 saturated heterocycles. The monoisotopic (exact) mass is 465 g/mol. The molecule has 0 unspecified atom stereocenters. The number of halogens is 1. The maximum Gasteiger partial charge on any atom is 0.265 e. The smallest absolute Gasteiger partial charge is 0.265 e. The lowest BCUT2D eigenvalue weighted by Crippen LogP contribution is -2.22. The average molecular weight is 466 g/mol. The fraction of sp³-hybridized carbons (Fsp3) is 0.200. The van der Waals surface area contributed by atoms with E-state index in [4.69, 9.17) is 20.8 Å². The summed E-state index contributed by atoms with van der Waals surface area (Å²) in [5.74, 6) is 0.947. The lowest BCUT2D eigenvalue weighted by atomic mass is 10.1. The number of nitrogens with zero attached hydrogens (tertiary/aromatic N) is 3. The molecular weight excluding hydrogens is 442 g/mol. The van der Waals surface area contributed by atoms with Gasteiger partial charge in [-0.3, -0.25) is 14.7 Å². The Kier molecular flexibility index (Phi) is 6.53. The Morgan fingerprint density at radius 2 is 1.94 bits per heavy atom. The molecule has 170 valence electrons. The van der Waals surface area contributed by atoms with E-state index in [0.717, 1.165) is 5.76 Å². The first-order chi connectivity index (χ1) is 15.9. The summed E-state index contributed by atoms with van der Waals surface area (Å²) in [5.41, 5.74) is 0.376. The summed E-state index contributed by atoms with van der Waals surface area (Å²) >= 11 is 6.19. The Morgan fingerprint density at radius 3 is 2.61 bits per heavy atom. The van der Waals surface area contributed by atoms with Crippen molar-refractivity contribution >= 4 is 28.6 Å². The maximum atomic E-state index is 13.3. The fourth-order valence-corrected chi connectivity index (χ4v) is 3.95. The van der Waals surface area contributed by atoms with E-state index in [1.165, 1.54) is 11.7 Å². The van der Waals surface area contributed by atoms with Crippen molar-refractivity contribution in [3.8, 4) is 17.3 Å². The second kappa shape index (κ2) is 9.52. The van der Waals surface area contributed by atoms with Crippen LogP contribution in [0.15, 0.2) is 75.1 Å². The number of ether oxygens (including phenoxy) is 1. The van der Waals surface area contributed by atoms with Gasteiger partial charge in [0, 0.05) is 22.0 Å². The molecule has 1 N–H and O–H groups in total. The van der Waals surface area contributed by atoms with Crippen LogP contribution >= 0.6 is 11.6 Å². The van der Waals surface area contributed by atoms with Gasteiger partial charge in [-0.25, -0.2) is 4.57 Å². The molecule has 0 spiro atoms. The van der Waals surface area contributed by atoms with E-state index in [9.17, 15) is 9.90 Å². The van der Waals surface area contributed by atoms with E-state index in [1.807, 2.05) is 37.2 Å². The van der Waals surface area contributed by atoms with Crippen LogP contribution in [0.4, 0.5) is 0 Å². The van der Waals surface area contributed by atoms with Crippen LogP contribution in [0.1, 0.15) is 17.4 Å². The highest BCUT2D eigenvalue weighted by molar-refractivity contribution is 6.30. The molecule has 2 aromatic carbocycles. The van der Waals surface area contributed by atoms with Crippen molar-refractivity contribution < 1.29 is 14.3 Å². The number of aromatic hydroxyl groups is 1. The van der Waals surface area contributed by atoms with Gasteiger partial charge in [0.2, 0.25) is 5.88 Å². The lowest BCUT2D eigenvalue weighted by molar-refractivity contribution is 0.265. The highest BCUT2D eigenvalue weighted by atomic mass is 35.5. The molecule has 0 aliphatic rings. The van der Waals surface area contributed by atoms with Crippen molar-refractivity contribution in [3.63, 3.8) is 0 Å². The SMILES string of the molecule is COc1ccc(Cl)cc1-n1c(O)c(C=NC[C@@H](c2ccco2)N(C)C)c2ccccc2c1=O. The van der Waals surface area contributed by atoms with Crippen LogP contribution in [0.2, 0.25) is 5.02 Å². The van der Waals surface area contributed by atoms with Gasteiger partial charge in [-0.1, -0.05) is 29.8 Å². The first-order valence-corrected chi connectivity index (χ1v) is 10.7. The summed E-state index contributed by atoms with van der Waals surface area (Å²) < 4.78 is 12.2. The molecule has 2 heterocycles. The molecule has 4 aromatic rings. The average Bonchev–Trinajstić information content (AvgIpc) is 3.33. The van der Waals surface area contributed by atoms with Gasteiger partial charge in [0.1, 0.15) is 11.5 Å². The number of furan rings is 1. The second-order valence-corrected chi connectivity index (χ2v) is 8.17. The number of fused-ring (bicyclic) bond motifs is 1. The van der Waals surface area contributed by atoms with E-state index >= 15 is 0 Å². The Morgan fingerprint density at radius 1 is 1.18 bits per heavy atom. The Balaban J connectivity index is 1.86. The number of likely N-dealkylation sites (N-methyl/N-ethyl adjacent to an activating group) is 1. The zero-order chi connectivity index (χ0) is 23.5. The summed E-state index contributed by atoms with van der Waals surface area (Å²) in [6, 6.07) is 15.6. The summed E-state index contributed by atoms with van der Waals surface area (Å²) in [5, 5.41) is 12.7.